The monoisotopic (exact) mass is 365 g/mol. The van der Waals surface area contributed by atoms with Crippen LogP contribution in [0.5, 0.6) is 5.75 Å². The average molecular weight is 365 g/mol. The highest BCUT2D eigenvalue weighted by atomic mass is 16.5. The Morgan fingerprint density at radius 1 is 1.11 bits per heavy atom. The predicted molar refractivity (Wildman–Crippen MR) is 103 cm³/mol. The van der Waals surface area contributed by atoms with Gasteiger partial charge in [-0.15, -0.1) is 10.2 Å². The maximum absolute atomic E-state index is 13.0. The van der Waals surface area contributed by atoms with Gasteiger partial charge in [0, 0.05) is 5.56 Å². The van der Waals surface area contributed by atoms with Gasteiger partial charge in [0.05, 0.1) is 12.3 Å². The van der Waals surface area contributed by atoms with Crippen molar-refractivity contribution >= 4 is 11.6 Å². The number of carbonyl (C=O) groups is 1. The van der Waals surface area contributed by atoms with E-state index in [2.05, 4.69) is 20.7 Å². The van der Waals surface area contributed by atoms with E-state index in [0.717, 1.165) is 5.56 Å². The molecule has 7 heteroatoms. The molecule has 1 unspecified atom stereocenters. The number of anilines is 1. The summed E-state index contributed by atoms with van der Waals surface area (Å²) in [7, 11) is 0. The van der Waals surface area contributed by atoms with E-state index < -0.39 is 6.04 Å². The first-order chi connectivity index (χ1) is 13.1. The van der Waals surface area contributed by atoms with Crippen LogP contribution in [0.4, 0.5) is 5.69 Å². The maximum atomic E-state index is 13.0. The van der Waals surface area contributed by atoms with Gasteiger partial charge in [-0.3, -0.25) is 4.79 Å². The summed E-state index contributed by atoms with van der Waals surface area (Å²) >= 11 is 0. The van der Waals surface area contributed by atoms with Crippen molar-refractivity contribution in [1.29, 1.82) is 0 Å². The first-order valence-corrected chi connectivity index (χ1v) is 8.97. The predicted octanol–water partition coefficient (Wildman–Crippen LogP) is 3.57. The van der Waals surface area contributed by atoms with Crippen molar-refractivity contribution in [3.8, 4) is 17.1 Å². The third-order valence-electron chi connectivity index (χ3n) is 4.05. The van der Waals surface area contributed by atoms with E-state index in [4.69, 9.17) is 4.74 Å². The number of nitrogens with one attached hydrogen (secondary N) is 1. The first kappa shape index (κ1) is 18.6. The van der Waals surface area contributed by atoms with Crippen LogP contribution in [0.3, 0.4) is 0 Å². The standard InChI is InChI=1S/C20H23N5O2/c1-4-27-17-13-9-8-12-16(17)21-20(26)18(14(2)3)25-23-19(22-24-25)15-10-6-5-7-11-15/h5-14,18H,4H2,1-3H3,(H,21,26). The lowest BCUT2D eigenvalue weighted by Gasteiger charge is -2.19. The van der Waals surface area contributed by atoms with Crippen LogP contribution in [-0.2, 0) is 4.79 Å². The minimum absolute atomic E-state index is 0.0259. The number of amides is 1. The van der Waals surface area contributed by atoms with Crippen LogP contribution in [0.15, 0.2) is 54.6 Å². The molecule has 7 nitrogen and oxygen atoms in total. The summed E-state index contributed by atoms with van der Waals surface area (Å²) in [6.07, 6.45) is 0. The van der Waals surface area contributed by atoms with Crippen molar-refractivity contribution in [2.24, 2.45) is 5.92 Å². The number of nitrogens with zero attached hydrogens (tertiary/aromatic N) is 4. The fourth-order valence-corrected chi connectivity index (χ4v) is 2.78. The van der Waals surface area contributed by atoms with Crippen molar-refractivity contribution in [3.05, 3.63) is 54.6 Å². The van der Waals surface area contributed by atoms with Crippen molar-refractivity contribution in [3.63, 3.8) is 0 Å². The van der Waals surface area contributed by atoms with Gasteiger partial charge >= 0.3 is 0 Å². The minimum atomic E-state index is -0.593. The van der Waals surface area contributed by atoms with Gasteiger partial charge in [0.1, 0.15) is 5.75 Å². The number of para-hydroxylation sites is 2. The van der Waals surface area contributed by atoms with E-state index in [1.807, 2.05) is 75.4 Å². The van der Waals surface area contributed by atoms with Crippen molar-refractivity contribution in [2.75, 3.05) is 11.9 Å². The second kappa shape index (κ2) is 8.44. The molecule has 0 spiro atoms. The number of carbonyl (C=O) groups excluding carboxylic acids is 1. The van der Waals surface area contributed by atoms with Crippen LogP contribution in [-0.4, -0.2) is 32.7 Å². The smallest absolute Gasteiger partial charge is 0.251 e. The fraction of sp³-hybridized carbons (Fsp3) is 0.300. The fourth-order valence-electron chi connectivity index (χ4n) is 2.78. The minimum Gasteiger partial charge on any atom is -0.492 e. The Hall–Kier alpha value is -3.22. The zero-order valence-electron chi connectivity index (χ0n) is 15.7. The summed E-state index contributed by atoms with van der Waals surface area (Å²) in [4.78, 5) is 14.3. The summed E-state index contributed by atoms with van der Waals surface area (Å²) in [5.41, 5.74) is 1.48. The van der Waals surface area contributed by atoms with Gasteiger partial charge in [0.2, 0.25) is 5.82 Å². The molecule has 0 bridgehead atoms. The van der Waals surface area contributed by atoms with Gasteiger partial charge in [-0.05, 0) is 30.2 Å². The van der Waals surface area contributed by atoms with E-state index >= 15 is 0 Å². The highest BCUT2D eigenvalue weighted by Gasteiger charge is 2.28. The van der Waals surface area contributed by atoms with Crippen LogP contribution < -0.4 is 10.1 Å². The highest BCUT2D eigenvalue weighted by molar-refractivity contribution is 5.95. The Labute approximate surface area is 158 Å². The summed E-state index contributed by atoms with van der Waals surface area (Å²) < 4.78 is 5.58. The number of hydrogen-bond acceptors (Lipinski definition) is 5. The van der Waals surface area contributed by atoms with E-state index in [-0.39, 0.29) is 11.8 Å². The summed E-state index contributed by atoms with van der Waals surface area (Å²) in [6.45, 7) is 6.32. The zero-order valence-corrected chi connectivity index (χ0v) is 15.7. The maximum Gasteiger partial charge on any atom is 0.251 e. The second-order valence-corrected chi connectivity index (χ2v) is 6.41. The van der Waals surface area contributed by atoms with Crippen molar-refractivity contribution in [2.45, 2.75) is 26.8 Å². The number of aromatic nitrogens is 4. The number of hydrogen-bond donors (Lipinski definition) is 1. The molecule has 1 N–H and O–H groups in total. The van der Waals surface area contributed by atoms with Crippen LogP contribution in [0.25, 0.3) is 11.4 Å². The molecule has 3 aromatic rings. The molecule has 2 aromatic carbocycles. The van der Waals surface area contributed by atoms with Gasteiger partial charge in [-0.1, -0.05) is 56.3 Å². The topological polar surface area (TPSA) is 81.9 Å². The molecule has 1 heterocycles. The van der Waals surface area contributed by atoms with Crippen LogP contribution in [0, 0.1) is 5.92 Å². The third kappa shape index (κ3) is 4.31. The summed E-state index contributed by atoms with van der Waals surface area (Å²) in [5.74, 6) is 0.882. The molecule has 0 aliphatic rings. The van der Waals surface area contributed by atoms with E-state index in [1.54, 1.807) is 0 Å². The van der Waals surface area contributed by atoms with Gasteiger partial charge in [-0.25, -0.2) is 0 Å². The molecule has 0 fully saturated rings. The lowest BCUT2D eigenvalue weighted by molar-refractivity contribution is -0.121. The van der Waals surface area contributed by atoms with Crippen LogP contribution >= 0.6 is 0 Å². The summed E-state index contributed by atoms with van der Waals surface area (Å²) in [5, 5.41) is 15.6. The van der Waals surface area contributed by atoms with Crippen molar-refractivity contribution in [1.82, 2.24) is 20.2 Å². The third-order valence-corrected chi connectivity index (χ3v) is 4.05. The first-order valence-electron chi connectivity index (χ1n) is 8.97. The average Bonchev–Trinajstić information content (AvgIpc) is 3.13. The molecule has 140 valence electrons. The molecule has 0 radical (unpaired) electrons. The molecule has 1 aromatic heterocycles. The summed E-state index contributed by atoms with van der Waals surface area (Å²) in [6, 6.07) is 16.3. The molecule has 0 aliphatic heterocycles. The van der Waals surface area contributed by atoms with E-state index in [1.165, 1.54) is 4.80 Å². The Bertz CT molecular complexity index is 892. The Morgan fingerprint density at radius 2 is 1.81 bits per heavy atom. The Morgan fingerprint density at radius 3 is 2.52 bits per heavy atom. The lowest BCUT2D eigenvalue weighted by Crippen LogP contribution is -2.31. The molecule has 27 heavy (non-hydrogen) atoms. The normalized spacial score (nSPS) is 12.0. The number of ether oxygens (including phenoxy) is 1. The Balaban J connectivity index is 1.84. The molecule has 1 amide bonds. The number of benzene rings is 2. The lowest BCUT2D eigenvalue weighted by atomic mass is 10.0. The van der Waals surface area contributed by atoms with Crippen LogP contribution in [0.1, 0.15) is 26.8 Å². The Kier molecular flexibility index (Phi) is 5.80. The quantitative estimate of drug-likeness (QED) is 0.692. The second-order valence-electron chi connectivity index (χ2n) is 6.41. The number of rotatable bonds is 7. The van der Waals surface area contributed by atoms with Gasteiger partial charge in [0.15, 0.2) is 6.04 Å². The highest BCUT2D eigenvalue weighted by Crippen LogP contribution is 2.26. The largest absolute Gasteiger partial charge is 0.492 e. The zero-order chi connectivity index (χ0) is 19.2. The van der Waals surface area contributed by atoms with E-state index in [0.29, 0.717) is 23.9 Å². The van der Waals surface area contributed by atoms with E-state index in [9.17, 15) is 4.79 Å². The number of tetrazole rings is 1. The molecular formula is C20H23N5O2. The molecule has 0 aliphatic carbocycles. The molecular weight excluding hydrogens is 342 g/mol. The SMILES string of the molecule is CCOc1ccccc1NC(=O)C(C(C)C)n1nnc(-c2ccccc2)n1. The van der Waals surface area contributed by atoms with Gasteiger partial charge in [-0.2, -0.15) is 4.80 Å². The molecule has 3 rings (SSSR count). The van der Waals surface area contributed by atoms with Crippen molar-refractivity contribution < 1.29 is 9.53 Å². The van der Waals surface area contributed by atoms with Gasteiger partial charge < -0.3 is 10.1 Å². The molecule has 0 saturated carbocycles. The molecule has 0 saturated heterocycles. The van der Waals surface area contributed by atoms with Gasteiger partial charge in [0.25, 0.3) is 5.91 Å². The molecule has 1 atom stereocenters. The van der Waals surface area contributed by atoms with Crippen LogP contribution in [0.2, 0.25) is 0 Å².